The number of carbonyl (C=O) groups is 9. The standard InChI is InChI=1S/C50H68N14O10/c1-3-4-16-35(58-29(2)65)43(67)64-41-25-42(66)54-20-11-10-18-37(49(73)74)60-46(70)39(23-31-26-56-34-17-9-8-15-33(31)34)62-44(68)36(19-12-21-55-50(51)52)59-45(69)38(22-30-13-6-5-7-14-30)61-47(71)40(63-48(41)72)24-32-27-53-28-57-32/h5-9,13-15,17,26-28,35-41,56H,3-4,10-12,16,18-25H2,1-2H3,(H,53,57)(H,54,66)(H,58,65)(H,59,69)(H,60,70)(H,61,71)(H,62,68)(H,63,72)(H,64,67)(H,73,74)(H4,51,52,55)/t35-,36-,37-,38+,39-,40?,41-/m0/s1. The maximum Gasteiger partial charge on any atom is 0.326 e. The average Bonchev–Trinajstić information content (AvgIpc) is 4.04. The number of benzene rings is 2. The number of aliphatic carboxylic acids is 1. The molecule has 15 N–H and O–H groups in total. The number of nitrogens with one attached hydrogen (secondary N) is 10. The summed E-state index contributed by atoms with van der Waals surface area (Å²) in [6.45, 7) is 3.19. The molecular weight excluding hydrogens is 957 g/mol. The summed E-state index contributed by atoms with van der Waals surface area (Å²) in [5.41, 5.74) is 13.5. The van der Waals surface area contributed by atoms with Crippen LogP contribution in [0.1, 0.15) is 88.5 Å². The largest absolute Gasteiger partial charge is 0.480 e. The molecule has 0 aliphatic carbocycles. The van der Waals surface area contributed by atoms with Crippen LogP contribution in [0.25, 0.3) is 10.9 Å². The number of para-hydroxylation sites is 1. The fourth-order valence-electron chi connectivity index (χ4n) is 8.37. The summed E-state index contributed by atoms with van der Waals surface area (Å²) in [6, 6.07) is 6.21. The Morgan fingerprint density at radius 3 is 2.11 bits per heavy atom. The number of unbranched alkanes of at least 4 members (excludes halogenated alkanes) is 1. The Morgan fingerprint density at radius 1 is 0.784 bits per heavy atom. The summed E-state index contributed by atoms with van der Waals surface area (Å²) in [4.78, 5) is 139. The molecule has 1 saturated heterocycles. The van der Waals surface area contributed by atoms with Gasteiger partial charge in [-0.05, 0) is 55.7 Å². The van der Waals surface area contributed by atoms with Crippen LogP contribution in [0.15, 0.2) is 78.3 Å². The Bertz CT molecular complexity index is 2580. The number of carboxylic acids is 1. The quantitative estimate of drug-likeness (QED) is 0.0356. The van der Waals surface area contributed by atoms with Crippen LogP contribution in [0.2, 0.25) is 0 Å². The van der Waals surface area contributed by atoms with Crippen LogP contribution in [0.5, 0.6) is 0 Å². The first-order valence-electron chi connectivity index (χ1n) is 24.7. The number of imidazole rings is 1. The topological polar surface area (TPSA) is 379 Å². The molecule has 398 valence electrons. The highest BCUT2D eigenvalue weighted by atomic mass is 16.4. The smallest absolute Gasteiger partial charge is 0.326 e. The molecule has 3 heterocycles. The normalized spacial score (nSPS) is 21.3. The molecule has 1 unspecified atom stereocenters. The highest BCUT2D eigenvalue weighted by molar-refractivity contribution is 5.99. The van der Waals surface area contributed by atoms with Crippen molar-refractivity contribution in [2.45, 2.75) is 133 Å². The molecule has 2 aromatic carbocycles. The zero-order valence-corrected chi connectivity index (χ0v) is 41.5. The van der Waals surface area contributed by atoms with Gasteiger partial charge in [0, 0.05) is 68.3 Å². The van der Waals surface area contributed by atoms with Crippen LogP contribution >= 0.6 is 0 Å². The molecule has 7 atom stereocenters. The molecule has 74 heavy (non-hydrogen) atoms. The molecule has 1 aliphatic rings. The summed E-state index contributed by atoms with van der Waals surface area (Å²) < 4.78 is 0. The van der Waals surface area contributed by atoms with Gasteiger partial charge in [-0.25, -0.2) is 9.78 Å². The fraction of sp³-hybridized carbons (Fsp3) is 0.460. The van der Waals surface area contributed by atoms with E-state index in [4.69, 9.17) is 11.5 Å². The Kier molecular flexibility index (Phi) is 21.9. The van der Waals surface area contributed by atoms with Crippen LogP contribution < -0.4 is 54.0 Å². The Hall–Kier alpha value is -8.31. The first-order valence-corrected chi connectivity index (χ1v) is 24.7. The van der Waals surface area contributed by atoms with Gasteiger partial charge in [0.15, 0.2) is 5.96 Å². The van der Waals surface area contributed by atoms with Crippen molar-refractivity contribution in [3.63, 3.8) is 0 Å². The number of H-pyrrole nitrogens is 2. The lowest BCUT2D eigenvalue weighted by Gasteiger charge is -2.28. The van der Waals surface area contributed by atoms with Gasteiger partial charge in [-0.1, -0.05) is 68.3 Å². The molecule has 4 aromatic rings. The van der Waals surface area contributed by atoms with E-state index >= 15 is 0 Å². The van der Waals surface area contributed by atoms with Crippen molar-refractivity contribution >= 4 is 70.1 Å². The number of amides is 8. The lowest BCUT2D eigenvalue weighted by molar-refractivity contribution is -0.142. The van der Waals surface area contributed by atoms with Gasteiger partial charge in [0.05, 0.1) is 12.7 Å². The van der Waals surface area contributed by atoms with Gasteiger partial charge >= 0.3 is 5.97 Å². The maximum absolute atomic E-state index is 14.7. The molecule has 1 fully saturated rings. The van der Waals surface area contributed by atoms with Crippen LogP contribution in [0, 0.1) is 0 Å². The molecule has 5 rings (SSSR count). The summed E-state index contributed by atoms with van der Waals surface area (Å²) in [5.74, 6) is -7.80. The monoisotopic (exact) mass is 1020 g/mol. The van der Waals surface area contributed by atoms with Crippen molar-refractivity contribution in [2.75, 3.05) is 13.1 Å². The van der Waals surface area contributed by atoms with E-state index in [-0.39, 0.29) is 76.8 Å². The molecule has 8 amide bonds. The number of carboxylic acid groups (broad SMARTS) is 1. The number of fused-ring (bicyclic) bond motifs is 1. The van der Waals surface area contributed by atoms with E-state index in [1.54, 1.807) is 42.6 Å². The molecular formula is C50H68N14O10. The highest BCUT2D eigenvalue weighted by Crippen LogP contribution is 2.20. The van der Waals surface area contributed by atoms with Gasteiger partial charge in [0.25, 0.3) is 0 Å². The molecule has 0 saturated carbocycles. The SMILES string of the molecule is CCCC[C@H](NC(C)=O)C(=O)N[C@H]1CC(=O)NCCCC[C@@H](C(=O)O)NC(=O)[C@H](Cc2c[nH]c3ccccc23)NC(=O)[C@H](CCCN=C(N)N)NC(=O)[C@@H](Cc2ccccc2)NC(=O)C(Cc2cnc[nH]2)NC1=O. The summed E-state index contributed by atoms with van der Waals surface area (Å²) in [5, 5.41) is 32.3. The second kappa shape index (κ2) is 28.7. The first-order chi connectivity index (χ1) is 35.5. The van der Waals surface area contributed by atoms with E-state index in [0.717, 1.165) is 10.9 Å². The number of nitrogens with zero attached hydrogens (tertiary/aromatic N) is 2. The summed E-state index contributed by atoms with van der Waals surface area (Å²) in [6.07, 6.45) is 5.28. The average molecular weight is 1030 g/mol. The number of aromatic nitrogens is 3. The van der Waals surface area contributed by atoms with Crippen molar-refractivity contribution in [3.8, 4) is 0 Å². The van der Waals surface area contributed by atoms with E-state index in [1.807, 2.05) is 25.1 Å². The second-order valence-corrected chi connectivity index (χ2v) is 18.1. The van der Waals surface area contributed by atoms with Crippen molar-refractivity contribution in [2.24, 2.45) is 16.5 Å². The number of hydrogen-bond donors (Lipinski definition) is 13. The number of aromatic amines is 2. The van der Waals surface area contributed by atoms with Gasteiger partial charge in [0.1, 0.15) is 42.3 Å². The minimum Gasteiger partial charge on any atom is -0.480 e. The molecule has 0 radical (unpaired) electrons. The van der Waals surface area contributed by atoms with Crippen LogP contribution in [-0.2, 0) is 62.4 Å². The van der Waals surface area contributed by atoms with Crippen LogP contribution in [0.4, 0.5) is 0 Å². The second-order valence-electron chi connectivity index (χ2n) is 18.1. The third-order valence-corrected chi connectivity index (χ3v) is 12.3. The van der Waals surface area contributed by atoms with Gasteiger partial charge in [-0.15, -0.1) is 0 Å². The predicted molar refractivity (Wildman–Crippen MR) is 272 cm³/mol. The van der Waals surface area contributed by atoms with E-state index < -0.39 is 102 Å². The van der Waals surface area contributed by atoms with Gasteiger partial charge < -0.3 is 69.1 Å². The van der Waals surface area contributed by atoms with Crippen molar-refractivity contribution in [1.29, 1.82) is 0 Å². The summed E-state index contributed by atoms with van der Waals surface area (Å²) in [7, 11) is 0. The number of carbonyl (C=O) groups excluding carboxylic acids is 8. The molecule has 0 bridgehead atoms. The van der Waals surface area contributed by atoms with Gasteiger partial charge in [-0.3, -0.25) is 43.3 Å². The van der Waals surface area contributed by atoms with Crippen molar-refractivity contribution < 1.29 is 48.3 Å². The molecule has 1 aliphatic heterocycles. The predicted octanol–water partition coefficient (Wildman–Crippen LogP) is -0.649. The Balaban J connectivity index is 1.55. The molecule has 24 nitrogen and oxygen atoms in total. The Labute approximate surface area is 427 Å². The van der Waals surface area contributed by atoms with E-state index in [1.165, 1.54) is 19.4 Å². The zero-order valence-electron chi connectivity index (χ0n) is 41.5. The fourth-order valence-corrected chi connectivity index (χ4v) is 8.37. The zero-order chi connectivity index (χ0) is 53.6. The molecule has 24 heteroatoms. The number of hydrogen-bond acceptors (Lipinski definition) is 11. The van der Waals surface area contributed by atoms with E-state index in [2.05, 4.69) is 62.5 Å². The van der Waals surface area contributed by atoms with Crippen LogP contribution in [0.3, 0.4) is 0 Å². The first kappa shape index (κ1) is 56.6. The Morgan fingerprint density at radius 2 is 1.43 bits per heavy atom. The van der Waals surface area contributed by atoms with E-state index in [0.29, 0.717) is 29.7 Å². The van der Waals surface area contributed by atoms with Crippen molar-refractivity contribution in [3.05, 3.63) is 90.1 Å². The third-order valence-electron chi connectivity index (χ3n) is 12.3. The van der Waals surface area contributed by atoms with Crippen LogP contribution in [-0.4, -0.2) is 135 Å². The minimum absolute atomic E-state index is 0.00489. The maximum atomic E-state index is 14.7. The number of guanidine groups is 1. The molecule has 0 spiro atoms. The number of rotatable bonds is 17. The number of nitrogens with two attached hydrogens (primary N) is 2. The van der Waals surface area contributed by atoms with Gasteiger partial charge in [-0.2, -0.15) is 0 Å². The lowest BCUT2D eigenvalue weighted by atomic mass is 10.0. The van der Waals surface area contributed by atoms with Crippen molar-refractivity contribution in [1.82, 2.24) is 57.5 Å². The molecule has 2 aromatic heterocycles. The minimum atomic E-state index is -1.59. The van der Waals surface area contributed by atoms with Gasteiger partial charge in [0.2, 0.25) is 47.3 Å². The third kappa shape index (κ3) is 18.1. The lowest BCUT2D eigenvalue weighted by Crippen LogP contribution is -2.61. The highest BCUT2D eigenvalue weighted by Gasteiger charge is 2.35. The summed E-state index contributed by atoms with van der Waals surface area (Å²) >= 11 is 0. The van der Waals surface area contributed by atoms with E-state index in [9.17, 15) is 48.3 Å². The number of aliphatic imine (C=N–C) groups is 1.